The third-order valence-corrected chi connectivity index (χ3v) is 4.85. The summed E-state index contributed by atoms with van der Waals surface area (Å²) < 4.78 is 40.9. The first kappa shape index (κ1) is 21.0. The Kier molecular flexibility index (Phi) is 6.31. The molecular weight excluding hydrogens is 355 g/mol. The molecule has 0 amide bonds. The van der Waals surface area contributed by atoms with E-state index in [1.165, 1.54) is 24.3 Å². The molecule has 0 N–H and O–H groups in total. The van der Waals surface area contributed by atoms with Crippen molar-refractivity contribution in [2.45, 2.75) is 38.1 Å². The fourth-order valence-electron chi connectivity index (χ4n) is 3.05. The number of rotatable bonds is 7. The quantitative estimate of drug-likeness (QED) is 0.630. The lowest BCUT2D eigenvalue weighted by molar-refractivity contribution is -0.274. The molecule has 6 heteroatoms. The highest BCUT2D eigenvalue weighted by Crippen LogP contribution is 2.34. The van der Waals surface area contributed by atoms with Gasteiger partial charge in [-0.25, -0.2) is 0 Å². The summed E-state index contributed by atoms with van der Waals surface area (Å²) in [6.07, 6.45) is -4.19. The largest absolute Gasteiger partial charge is 0.573 e. The number of ketones is 1. The Morgan fingerprint density at radius 2 is 1.59 bits per heavy atom. The van der Waals surface area contributed by atoms with Crippen LogP contribution in [-0.4, -0.2) is 37.2 Å². The summed E-state index contributed by atoms with van der Waals surface area (Å²) in [5.74, 6) is -0.483. The van der Waals surface area contributed by atoms with E-state index in [0.717, 1.165) is 5.56 Å². The van der Waals surface area contributed by atoms with E-state index in [2.05, 4.69) is 4.74 Å². The number of hydrogen-bond acceptors (Lipinski definition) is 3. The van der Waals surface area contributed by atoms with Crippen LogP contribution in [0.15, 0.2) is 54.6 Å². The van der Waals surface area contributed by atoms with Crippen LogP contribution in [0.25, 0.3) is 0 Å². The van der Waals surface area contributed by atoms with Gasteiger partial charge in [0.15, 0.2) is 5.78 Å². The lowest BCUT2D eigenvalue weighted by Gasteiger charge is -2.34. The van der Waals surface area contributed by atoms with Gasteiger partial charge < -0.3 is 9.64 Å². The summed E-state index contributed by atoms with van der Waals surface area (Å²) in [4.78, 5) is 15.4. The molecule has 2 aromatic rings. The molecule has 146 valence electrons. The van der Waals surface area contributed by atoms with Gasteiger partial charge in [0.05, 0.1) is 5.41 Å². The molecule has 2 atom stereocenters. The molecule has 0 bridgehead atoms. The number of hydrogen-bond donors (Lipinski definition) is 0. The third-order valence-electron chi connectivity index (χ3n) is 4.85. The first-order valence-electron chi connectivity index (χ1n) is 8.65. The van der Waals surface area contributed by atoms with Gasteiger partial charge in [-0.05, 0) is 64.2 Å². The minimum absolute atomic E-state index is 0.131. The van der Waals surface area contributed by atoms with E-state index >= 15 is 0 Å². The zero-order valence-corrected chi connectivity index (χ0v) is 15.9. The average Bonchev–Trinajstić information content (AvgIpc) is 2.61. The highest BCUT2D eigenvalue weighted by atomic mass is 19.4. The van der Waals surface area contributed by atoms with Gasteiger partial charge in [-0.15, -0.1) is 13.2 Å². The van der Waals surface area contributed by atoms with Gasteiger partial charge in [0.25, 0.3) is 0 Å². The van der Waals surface area contributed by atoms with Crippen molar-refractivity contribution in [1.29, 1.82) is 0 Å². The summed E-state index contributed by atoms with van der Waals surface area (Å²) in [6.45, 7) is 3.92. The van der Waals surface area contributed by atoms with E-state index in [1.807, 2.05) is 63.2 Å². The first-order chi connectivity index (χ1) is 12.5. The Balaban J connectivity index is 2.36. The van der Waals surface area contributed by atoms with E-state index in [4.69, 9.17) is 0 Å². The lowest BCUT2D eigenvalue weighted by Crippen LogP contribution is -2.40. The topological polar surface area (TPSA) is 29.5 Å². The number of halogens is 3. The second kappa shape index (κ2) is 8.13. The number of carbonyl (C=O) groups is 1. The van der Waals surface area contributed by atoms with Crippen LogP contribution in [0, 0.1) is 0 Å². The Labute approximate surface area is 157 Å². The van der Waals surface area contributed by atoms with E-state index in [1.54, 1.807) is 0 Å². The molecule has 3 nitrogen and oxygen atoms in total. The second-order valence-electron chi connectivity index (χ2n) is 7.12. The Morgan fingerprint density at radius 1 is 1.04 bits per heavy atom. The molecule has 0 unspecified atom stereocenters. The standard InChI is InChI=1S/C21H24F3NO2/c1-15(25(3)4)14-20(2,17-8-6-5-7-9-17)19(26)16-10-12-18(13-11-16)27-21(22,23)24/h5-13,15H,14H2,1-4H3/t15-,20-/m0/s1. The van der Waals surface area contributed by atoms with Crippen molar-refractivity contribution in [3.8, 4) is 5.75 Å². The van der Waals surface area contributed by atoms with Crippen molar-refractivity contribution in [3.05, 3.63) is 65.7 Å². The molecule has 0 radical (unpaired) electrons. The number of Topliss-reactive ketones (excluding diaryl/α,β-unsaturated/α-hetero) is 1. The Bertz CT molecular complexity index is 757. The molecule has 0 fully saturated rings. The fourth-order valence-corrected chi connectivity index (χ4v) is 3.05. The minimum atomic E-state index is -4.76. The maximum absolute atomic E-state index is 13.3. The van der Waals surface area contributed by atoms with Crippen molar-refractivity contribution in [1.82, 2.24) is 4.90 Å². The molecule has 0 spiro atoms. The first-order valence-corrected chi connectivity index (χ1v) is 8.65. The van der Waals surface area contributed by atoms with Crippen LogP contribution < -0.4 is 4.74 Å². The molecule has 27 heavy (non-hydrogen) atoms. The predicted molar refractivity (Wildman–Crippen MR) is 99.0 cm³/mol. The maximum atomic E-state index is 13.3. The zero-order valence-electron chi connectivity index (χ0n) is 15.9. The molecule has 0 heterocycles. The number of nitrogens with zero attached hydrogens (tertiary/aromatic N) is 1. The summed E-state index contributed by atoms with van der Waals surface area (Å²) in [5.41, 5.74) is 0.415. The number of ether oxygens (including phenoxy) is 1. The number of benzene rings is 2. The number of carbonyl (C=O) groups excluding carboxylic acids is 1. The monoisotopic (exact) mass is 379 g/mol. The SMILES string of the molecule is C[C@@H](C[C@](C)(C(=O)c1ccc(OC(F)(F)F)cc1)c1ccccc1)N(C)C. The molecule has 0 saturated heterocycles. The lowest BCUT2D eigenvalue weighted by atomic mass is 9.72. The number of alkyl halides is 3. The van der Waals surface area contributed by atoms with Crippen molar-refractivity contribution in [2.75, 3.05) is 14.1 Å². The van der Waals surface area contributed by atoms with Gasteiger partial charge in [0.2, 0.25) is 0 Å². The van der Waals surface area contributed by atoms with Crippen molar-refractivity contribution in [3.63, 3.8) is 0 Å². The van der Waals surface area contributed by atoms with E-state index < -0.39 is 11.8 Å². The van der Waals surface area contributed by atoms with Crippen LogP contribution in [0.4, 0.5) is 13.2 Å². The van der Waals surface area contributed by atoms with Crippen LogP contribution in [0.2, 0.25) is 0 Å². The van der Waals surface area contributed by atoms with Crippen molar-refractivity contribution >= 4 is 5.78 Å². The third kappa shape index (κ3) is 5.32. The van der Waals surface area contributed by atoms with Gasteiger partial charge in [-0.1, -0.05) is 30.3 Å². The second-order valence-corrected chi connectivity index (χ2v) is 7.12. The molecule has 2 aromatic carbocycles. The van der Waals surface area contributed by atoms with Gasteiger partial charge >= 0.3 is 6.36 Å². The van der Waals surface area contributed by atoms with Gasteiger partial charge in [0.1, 0.15) is 5.75 Å². The molecule has 0 saturated carbocycles. The molecule has 2 rings (SSSR count). The van der Waals surface area contributed by atoms with E-state index in [0.29, 0.717) is 12.0 Å². The van der Waals surface area contributed by atoms with Crippen LogP contribution in [-0.2, 0) is 5.41 Å². The smallest absolute Gasteiger partial charge is 0.406 e. The zero-order chi connectivity index (χ0) is 20.2. The van der Waals surface area contributed by atoms with Crippen LogP contribution in [0.5, 0.6) is 5.75 Å². The molecular formula is C21H24F3NO2. The van der Waals surface area contributed by atoms with Crippen LogP contribution >= 0.6 is 0 Å². The summed E-state index contributed by atoms with van der Waals surface area (Å²) in [7, 11) is 3.90. The van der Waals surface area contributed by atoms with Crippen molar-refractivity contribution in [2.24, 2.45) is 0 Å². The maximum Gasteiger partial charge on any atom is 0.573 e. The van der Waals surface area contributed by atoms with Gasteiger partial charge in [-0.3, -0.25) is 4.79 Å². The fraction of sp³-hybridized carbons (Fsp3) is 0.381. The summed E-state index contributed by atoms with van der Waals surface area (Å²) in [5, 5.41) is 0. The summed E-state index contributed by atoms with van der Waals surface area (Å²) >= 11 is 0. The van der Waals surface area contributed by atoms with Gasteiger partial charge in [-0.2, -0.15) is 0 Å². The normalized spacial score (nSPS) is 15.3. The Hall–Kier alpha value is -2.34. The van der Waals surface area contributed by atoms with Gasteiger partial charge in [0, 0.05) is 11.6 Å². The molecule has 0 aliphatic heterocycles. The average molecular weight is 379 g/mol. The van der Waals surface area contributed by atoms with Crippen LogP contribution in [0.3, 0.4) is 0 Å². The minimum Gasteiger partial charge on any atom is -0.406 e. The predicted octanol–water partition coefficient (Wildman–Crippen LogP) is 5.07. The summed E-state index contributed by atoms with van der Waals surface area (Å²) in [6, 6.07) is 14.7. The van der Waals surface area contributed by atoms with Crippen molar-refractivity contribution < 1.29 is 22.7 Å². The highest BCUT2D eigenvalue weighted by Gasteiger charge is 2.37. The van der Waals surface area contributed by atoms with E-state index in [9.17, 15) is 18.0 Å². The Morgan fingerprint density at radius 3 is 2.07 bits per heavy atom. The highest BCUT2D eigenvalue weighted by molar-refractivity contribution is 6.04. The molecule has 0 aromatic heterocycles. The molecule has 0 aliphatic rings. The molecule has 0 aliphatic carbocycles. The van der Waals surface area contributed by atoms with E-state index in [-0.39, 0.29) is 17.6 Å². The van der Waals surface area contributed by atoms with Crippen LogP contribution in [0.1, 0.15) is 36.2 Å².